The minimum atomic E-state index is -0.784. The van der Waals surface area contributed by atoms with Crippen LogP contribution < -0.4 is 5.32 Å². The zero-order chi connectivity index (χ0) is 16.8. The topological polar surface area (TPSA) is 86.7 Å². The highest BCUT2D eigenvalue weighted by Crippen LogP contribution is 2.31. The van der Waals surface area contributed by atoms with E-state index >= 15 is 0 Å². The summed E-state index contributed by atoms with van der Waals surface area (Å²) in [5, 5.41) is 12.1. The number of aliphatic carboxylic acids is 1. The van der Waals surface area contributed by atoms with Crippen molar-refractivity contribution in [2.24, 2.45) is 17.8 Å². The third kappa shape index (κ3) is 4.69. The number of carboxylic acid groups (broad SMARTS) is 1. The van der Waals surface area contributed by atoms with Gasteiger partial charge in [0.25, 0.3) is 0 Å². The largest absolute Gasteiger partial charge is 0.481 e. The second-order valence-electron chi connectivity index (χ2n) is 6.79. The van der Waals surface area contributed by atoms with E-state index in [9.17, 15) is 14.4 Å². The number of hydrogen-bond donors (Lipinski definition) is 2. The van der Waals surface area contributed by atoms with Crippen molar-refractivity contribution in [1.82, 2.24) is 10.2 Å². The molecule has 1 aliphatic heterocycles. The average molecular weight is 324 g/mol. The van der Waals surface area contributed by atoms with Crippen LogP contribution in [0, 0.1) is 17.8 Å². The van der Waals surface area contributed by atoms with Crippen LogP contribution in [0.1, 0.15) is 51.9 Å². The van der Waals surface area contributed by atoms with Gasteiger partial charge in [0, 0.05) is 31.5 Å². The lowest BCUT2D eigenvalue weighted by atomic mass is 9.80. The Morgan fingerprint density at radius 2 is 1.70 bits per heavy atom. The quantitative estimate of drug-likeness (QED) is 0.805. The van der Waals surface area contributed by atoms with E-state index in [4.69, 9.17) is 5.11 Å². The number of carbonyl (C=O) groups is 3. The molecule has 6 nitrogen and oxygen atoms in total. The predicted molar refractivity (Wildman–Crippen MR) is 85.7 cm³/mol. The van der Waals surface area contributed by atoms with Crippen LogP contribution in [-0.2, 0) is 14.4 Å². The average Bonchev–Trinajstić information content (AvgIpc) is 2.59. The van der Waals surface area contributed by atoms with Crippen molar-refractivity contribution in [3.8, 4) is 0 Å². The lowest BCUT2D eigenvalue weighted by Crippen LogP contribution is -2.46. The van der Waals surface area contributed by atoms with Crippen LogP contribution in [0.2, 0.25) is 0 Å². The highest BCUT2D eigenvalue weighted by molar-refractivity contribution is 5.82. The summed E-state index contributed by atoms with van der Waals surface area (Å²) >= 11 is 0. The monoisotopic (exact) mass is 324 g/mol. The smallest absolute Gasteiger partial charge is 0.306 e. The number of carbonyl (C=O) groups excluding carboxylic acids is 2. The first-order valence-electron chi connectivity index (χ1n) is 8.82. The van der Waals surface area contributed by atoms with Crippen LogP contribution in [0.15, 0.2) is 0 Å². The van der Waals surface area contributed by atoms with Gasteiger partial charge in [-0.1, -0.05) is 13.3 Å². The summed E-state index contributed by atoms with van der Waals surface area (Å²) in [4.78, 5) is 37.5. The summed E-state index contributed by atoms with van der Waals surface area (Å²) in [6.07, 6.45) is 5.08. The molecule has 130 valence electrons. The summed E-state index contributed by atoms with van der Waals surface area (Å²) in [6, 6.07) is 0. The van der Waals surface area contributed by atoms with Gasteiger partial charge in [0.2, 0.25) is 11.8 Å². The van der Waals surface area contributed by atoms with Gasteiger partial charge in [-0.3, -0.25) is 14.4 Å². The molecule has 2 amide bonds. The Hall–Kier alpha value is -1.59. The predicted octanol–water partition coefficient (Wildman–Crippen LogP) is 1.64. The molecule has 2 fully saturated rings. The molecule has 0 bridgehead atoms. The van der Waals surface area contributed by atoms with E-state index in [0.29, 0.717) is 45.3 Å². The Kier molecular flexibility index (Phi) is 6.42. The molecular formula is C17H28N2O4. The van der Waals surface area contributed by atoms with Gasteiger partial charge in [0.1, 0.15) is 0 Å². The second kappa shape index (κ2) is 8.31. The van der Waals surface area contributed by atoms with Crippen LogP contribution >= 0.6 is 0 Å². The molecular weight excluding hydrogens is 296 g/mol. The van der Waals surface area contributed by atoms with E-state index in [1.165, 1.54) is 0 Å². The van der Waals surface area contributed by atoms with E-state index in [-0.39, 0.29) is 29.6 Å². The fourth-order valence-electron chi connectivity index (χ4n) is 3.65. The minimum Gasteiger partial charge on any atom is -0.481 e. The fraction of sp³-hybridized carbons (Fsp3) is 0.824. The van der Waals surface area contributed by atoms with Crippen molar-refractivity contribution >= 4 is 17.8 Å². The number of amides is 2. The van der Waals surface area contributed by atoms with Gasteiger partial charge in [-0.15, -0.1) is 0 Å². The molecule has 2 N–H and O–H groups in total. The number of nitrogens with one attached hydrogen (secondary N) is 1. The van der Waals surface area contributed by atoms with Crippen LogP contribution in [0.4, 0.5) is 0 Å². The Bertz CT molecular complexity index is 444. The molecule has 1 saturated carbocycles. The molecule has 2 rings (SSSR count). The van der Waals surface area contributed by atoms with Gasteiger partial charge in [-0.2, -0.15) is 0 Å². The molecule has 0 aromatic rings. The van der Waals surface area contributed by atoms with E-state index in [1.807, 2.05) is 11.8 Å². The first-order valence-corrected chi connectivity index (χ1v) is 8.82. The minimum absolute atomic E-state index is 0.00345. The lowest BCUT2D eigenvalue weighted by molar-refractivity contribution is -0.146. The Labute approximate surface area is 137 Å². The number of nitrogens with zero attached hydrogens (tertiary/aromatic N) is 1. The number of rotatable bonds is 5. The molecule has 6 heteroatoms. The number of likely N-dealkylation sites (tertiary alicyclic amines) is 1. The van der Waals surface area contributed by atoms with Crippen LogP contribution in [-0.4, -0.2) is 47.4 Å². The normalized spacial score (nSPS) is 25.9. The summed E-state index contributed by atoms with van der Waals surface area (Å²) in [5.41, 5.74) is 0. The fourth-order valence-corrected chi connectivity index (χ4v) is 3.65. The lowest BCUT2D eigenvalue weighted by Gasteiger charge is -2.35. The van der Waals surface area contributed by atoms with Gasteiger partial charge in [0.15, 0.2) is 0 Å². The molecule has 1 heterocycles. The number of piperidine rings is 1. The SMILES string of the molecule is CCCNC(=O)C1CCN(C(=O)C2CCCC(C(=O)O)C2)CC1. The van der Waals surface area contributed by atoms with E-state index in [2.05, 4.69) is 5.32 Å². The highest BCUT2D eigenvalue weighted by atomic mass is 16.4. The van der Waals surface area contributed by atoms with Gasteiger partial charge < -0.3 is 15.3 Å². The second-order valence-corrected chi connectivity index (χ2v) is 6.79. The van der Waals surface area contributed by atoms with Crippen molar-refractivity contribution in [3.63, 3.8) is 0 Å². The zero-order valence-corrected chi connectivity index (χ0v) is 13.9. The van der Waals surface area contributed by atoms with Gasteiger partial charge in [-0.25, -0.2) is 0 Å². The summed E-state index contributed by atoms with van der Waals surface area (Å²) in [7, 11) is 0. The molecule has 23 heavy (non-hydrogen) atoms. The van der Waals surface area contributed by atoms with Crippen molar-refractivity contribution < 1.29 is 19.5 Å². The van der Waals surface area contributed by atoms with Crippen molar-refractivity contribution in [2.75, 3.05) is 19.6 Å². The van der Waals surface area contributed by atoms with Crippen molar-refractivity contribution in [1.29, 1.82) is 0 Å². The molecule has 2 unspecified atom stereocenters. The molecule has 0 radical (unpaired) electrons. The first kappa shape index (κ1) is 17.8. The molecule has 2 aliphatic rings. The molecule has 2 atom stereocenters. The summed E-state index contributed by atoms with van der Waals surface area (Å²) < 4.78 is 0. The first-order chi connectivity index (χ1) is 11.0. The van der Waals surface area contributed by atoms with Gasteiger partial charge >= 0.3 is 5.97 Å². The van der Waals surface area contributed by atoms with Gasteiger partial charge in [-0.05, 0) is 38.5 Å². The van der Waals surface area contributed by atoms with E-state index in [1.54, 1.807) is 0 Å². The number of hydrogen-bond acceptors (Lipinski definition) is 3. The molecule has 0 aromatic carbocycles. The third-order valence-electron chi connectivity index (χ3n) is 5.10. The van der Waals surface area contributed by atoms with E-state index in [0.717, 1.165) is 19.3 Å². The molecule has 1 saturated heterocycles. The maximum atomic E-state index is 12.6. The standard InChI is InChI=1S/C17H28N2O4/c1-2-8-18-15(20)12-6-9-19(10-7-12)16(21)13-4-3-5-14(11-13)17(22)23/h12-14H,2-11H2,1H3,(H,18,20)(H,22,23). The summed E-state index contributed by atoms with van der Waals surface area (Å²) in [5.74, 6) is -1.13. The van der Waals surface area contributed by atoms with Crippen LogP contribution in [0.25, 0.3) is 0 Å². The van der Waals surface area contributed by atoms with Crippen molar-refractivity contribution in [2.45, 2.75) is 51.9 Å². The van der Waals surface area contributed by atoms with Gasteiger partial charge in [0.05, 0.1) is 5.92 Å². The van der Waals surface area contributed by atoms with Crippen molar-refractivity contribution in [3.05, 3.63) is 0 Å². The molecule has 0 aromatic heterocycles. The Morgan fingerprint density at radius 1 is 1.04 bits per heavy atom. The number of carboxylic acids is 1. The van der Waals surface area contributed by atoms with E-state index < -0.39 is 5.97 Å². The Morgan fingerprint density at radius 3 is 2.30 bits per heavy atom. The van der Waals surface area contributed by atoms with Crippen LogP contribution in [0.3, 0.4) is 0 Å². The summed E-state index contributed by atoms with van der Waals surface area (Å²) in [6.45, 7) is 3.95. The zero-order valence-electron chi connectivity index (χ0n) is 13.9. The molecule has 0 spiro atoms. The molecule has 1 aliphatic carbocycles. The Balaban J connectivity index is 1.81. The highest BCUT2D eigenvalue weighted by Gasteiger charge is 2.35. The maximum Gasteiger partial charge on any atom is 0.306 e. The van der Waals surface area contributed by atoms with Crippen LogP contribution in [0.5, 0.6) is 0 Å². The third-order valence-corrected chi connectivity index (χ3v) is 5.10. The maximum absolute atomic E-state index is 12.6.